The smallest absolute Gasteiger partial charge is 0.230 e. The summed E-state index contributed by atoms with van der Waals surface area (Å²) in [6.45, 7) is 3.32. The number of hydrogen-bond acceptors (Lipinski definition) is 5. The molecule has 0 atom stereocenters. The van der Waals surface area contributed by atoms with Gasteiger partial charge in [0, 0.05) is 18.7 Å². The van der Waals surface area contributed by atoms with Crippen molar-refractivity contribution in [3.05, 3.63) is 48.0 Å². The van der Waals surface area contributed by atoms with Crippen molar-refractivity contribution >= 4 is 44.2 Å². The first-order valence-electron chi connectivity index (χ1n) is 9.35. The molecule has 0 radical (unpaired) electrons. The number of benzene rings is 2. The fraction of sp³-hybridized carbons (Fsp3) is 0.286. The van der Waals surface area contributed by atoms with Crippen molar-refractivity contribution < 1.29 is 14.3 Å². The molecule has 144 valence electrons. The van der Waals surface area contributed by atoms with Crippen molar-refractivity contribution in [2.45, 2.75) is 26.2 Å². The number of aromatic nitrogens is 1. The van der Waals surface area contributed by atoms with Gasteiger partial charge in [-0.25, -0.2) is 4.98 Å². The van der Waals surface area contributed by atoms with Crippen molar-refractivity contribution in [2.24, 2.45) is 0 Å². The van der Waals surface area contributed by atoms with Crippen LogP contribution in [0, 0.1) is 0 Å². The van der Waals surface area contributed by atoms with Gasteiger partial charge in [-0.1, -0.05) is 23.5 Å². The lowest BCUT2D eigenvalue weighted by atomic mass is 10.1. The Morgan fingerprint density at radius 3 is 2.79 bits per heavy atom. The zero-order chi connectivity index (χ0) is 19.5. The van der Waals surface area contributed by atoms with Crippen LogP contribution in [0.4, 0.5) is 10.8 Å². The third-order valence-electron chi connectivity index (χ3n) is 4.60. The molecule has 1 aliphatic rings. The van der Waals surface area contributed by atoms with E-state index in [1.165, 1.54) is 11.3 Å². The van der Waals surface area contributed by atoms with Gasteiger partial charge in [0.25, 0.3) is 0 Å². The Labute approximate surface area is 167 Å². The Balaban J connectivity index is 1.40. The van der Waals surface area contributed by atoms with Gasteiger partial charge >= 0.3 is 0 Å². The van der Waals surface area contributed by atoms with E-state index in [0.717, 1.165) is 40.2 Å². The van der Waals surface area contributed by atoms with Crippen LogP contribution in [0.15, 0.2) is 42.5 Å². The Bertz CT molecular complexity index is 1010. The van der Waals surface area contributed by atoms with Crippen LogP contribution < -0.4 is 15.0 Å². The summed E-state index contributed by atoms with van der Waals surface area (Å²) < 4.78 is 6.48. The molecular formula is C21H21N3O3S. The summed E-state index contributed by atoms with van der Waals surface area (Å²) in [6.07, 6.45) is 1.77. The highest BCUT2D eigenvalue weighted by molar-refractivity contribution is 7.22. The molecule has 2 aromatic carbocycles. The number of rotatable bonds is 6. The summed E-state index contributed by atoms with van der Waals surface area (Å²) in [5.74, 6) is 0.844. The molecule has 0 saturated carbocycles. The van der Waals surface area contributed by atoms with E-state index in [-0.39, 0.29) is 18.2 Å². The number of ether oxygens (including phenoxy) is 1. The van der Waals surface area contributed by atoms with E-state index in [4.69, 9.17) is 4.74 Å². The lowest BCUT2D eigenvalue weighted by Gasteiger charge is -2.15. The minimum Gasteiger partial charge on any atom is -0.494 e. The molecule has 1 fully saturated rings. The van der Waals surface area contributed by atoms with Gasteiger partial charge in [-0.15, -0.1) is 0 Å². The molecular weight excluding hydrogens is 374 g/mol. The maximum absolute atomic E-state index is 12.4. The SMILES string of the molecule is CCOc1ccc2nc(NC(=O)Cc3ccc(N4CCCC4=O)cc3)sc2c1. The number of thiazole rings is 1. The van der Waals surface area contributed by atoms with Crippen LogP contribution in [0.1, 0.15) is 25.3 Å². The summed E-state index contributed by atoms with van der Waals surface area (Å²) in [5.41, 5.74) is 2.62. The molecule has 6 nitrogen and oxygen atoms in total. The fourth-order valence-electron chi connectivity index (χ4n) is 3.28. The van der Waals surface area contributed by atoms with Crippen molar-refractivity contribution in [1.82, 2.24) is 4.98 Å². The molecule has 1 aliphatic heterocycles. The van der Waals surface area contributed by atoms with E-state index in [2.05, 4.69) is 10.3 Å². The maximum atomic E-state index is 12.4. The Kier molecular flexibility index (Phi) is 5.25. The lowest BCUT2D eigenvalue weighted by Crippen LogP contribution is -2.23. The Morgan fingerprint density at radius 2 is 2.07 bits per heavy atom. The van der Waals surface area contributed by atoms with Gasteiger partial charge in [0.05, 0.1) is 23.2 Å². The minimum atomic E-state index is -0.117. The van der Waals surface area contributed by atoms with E-state index in [1.807, 2.05) is 49.4 Å². The predicted molar refractivity (Wildman–Crippen MR) is 111 cm³/mol. The van der Waals surface area contributed by atoms with Crippen molar-refractivity contribution in [2.75, 3.05) is 23.4 Å². The van der Waals surface area contributed by atoms with Crippen LogP contribution in [-0.2, 0) is 16.0 Å². The number of anilines is 2. The first kappa shape index (κ1) is 18.4. The van der Waals surface area contributed by atoms with Gasteiger partial charge in [0.15, 0.2) is 5.13 Å². The highest BCUT2D eigenvalue weighted by Crippen LogP contribution is 2.29. The number of fused-ring (bicyclic) bond motifs is 1. The largest absolute Gasteiger partial charge is 0.494 e. The van der Waals surface area contributed by atoms with Gasteiger partial charge in [-0.05, 0) is 49.2 Å². The lowest BCUT2D eigenvalue weighted by molar-refractivity contribution is -0.117. The maximum Gasteiger partial charge on any atom is 0.230 e. The van der Waals surface area contributed by atoms with E-state index in [1.54, 1.807) is 4.90 Å². The molecule has 0 unspecified atom stereocenters. The number of nitrogens with zero attached hydrogens (tertiary/aromatic N) is 2. The summed E-state index contributed by atoms with van der Waals surface area (Å²) >= 11 is 1.43. The van der Waals surface area contributed by atoms with Gasteiger partial charge in [-0.3, -0.25) is 9.59 Å². The summed E-state index contributed by atoms with van der Waals surface area (Å²) in [5, 5.41) is 3.45. The number of carbonyl (C=O) groups is 2. The minimum absolute atomic E-state index is 0.117. The van der Waals surface area contributed by atoms with Crippen molar-refractivity contribution in [1.29, 1.82) is 0 Å². The molecule has 1 N–H and O–H groups in total. The average Bonchev–Trinajstić information content (AvgIpc) is 3.27. The van der Waals surface area contributed by atoms with Crippen molar-refractivity contribution in [3.8, 4) is 5.75 Å². The van der Waals surface area contributed by atoms with Crippen LogP contribution in [0.25, 0.3) is 10.2 Å². The third-order valence-corrected chi connectivity index (χ3v) is 5.54. The van der Waals surface area contributed by atoms with E-state index < -0.39 is 0 Å². The molecule has 0 bridgehead atoms. The molecule has 4 rings (SSSR count). The fourth-order valence-corrected chi connectivity index (χ4v) is 4.19. The second-order valence-corrected chi connectivity index (χ2v) is 7.65. The van der Waals surface area contributed by atoms with Crippen LogP contribution in [0.3, 0.4) is 0 Å². The third kappa shape index (κ3) is 3.99. The average molecular weight is 395 g/mol. The standard InChI is InChI=1S/C21H21N3O3S/c1-2-27-16-9-10-17-18(13-16)28-21(22-17)23-19(25)12-14-5-7-15(8-6-14)24-11-3-4-20(24)26/h5-10,13H,2-4,11-12H2,1H3,(H,22,23,25). The zero-order valence-corrected chi connectivity index (χ0v) is 16.4. The van der Waals surface area contributed by atoms with E-state index >= 15 is 0 Å². The molecule has 0 spiro atoms. The first-order chi connectivity index (χ1) is 13.6. The van der Waals surface area contributed by atoms with Gasteiger partial charge in [0.2, 0.25) is 11.8 Å². The van der Waals surface area contributed by atoms with Crippen LogP contribution >= 0.6 is 11.3 Å². The number of carbonyl (C=O) groups excluding carboxylic acids is 2. The highest BCUT2D eigenvalue weighted by Gasteiger charge is 2.21. The first-order valence-corrected chi connectivity index (χ1v) is 10.2. The van der Waals surface area contributed by atoms with Gasteiger partial charge in [0.1, 0.15) is 5.75 Å². The van der Waals surface area contributed by atoms with Crippen LogP contribution in [0.5, 0.6) is 5.75 Å². The Morgan fingerprint density at radius 1 is 1.25 bits per heavy atom. The quantitative estimate of drug-likeness (QED) is 0.685. The molecule has 1 aromatic heterocycles. The van der Waals surface area contributed by atoms with Gasteiger partial charge < -0.3 is 15.0 Å². The molecule has 1 saturated heterocycles. The van der Waals surface area contributed by atoms with Gasteiger partial charge in [-0.2, -0.15) is 0 Å². The number of nitrogens with one attached hydrogen (secondary N) is 1. The Hall–Kier alpha value is -2.93. The molecule has 28 heavy (non-hydrogen) atoms. The van der Waals surface area contributed by atoms with E-state index in [9.17, 15) is 9.59 Å². The topological polar surface area (TPSA) is 71.5 Å². The summed E-state index contributed by atoms with van der Waals surface area (Å²) in [6, 6.07) is 13.3. The molecule has 7 heteroatoms. The molecule has 0 aliphatic carbocycles. The summed E-state index contributed by atoms with van der Waals surface area (Å²) in [4.78, 5) is 30.5. The molecule has 3 aromatic rings. The van der Waals surface area contributed by atoms with Crippen molar-refractivity contribution in [3.63, 3.8) is 0 Å². The second kappa shape index (κ2) is 7.98. The predicted octanol–water partition coefficient (Wildman–Crippen LogP) is 4.00. The van der Waals surface area contributed by atoms with E-state index in [0.29, 0.717) is 18.2 Å². The van der Waals surface area contributed by atoms with Crippen LogP contribution in [-0.4, -0.2) is 29.9 Å². The summed E-state index contributed by atoms with van der Waals surface area (Å²) in [7, 11) is 0. The highest BCUT2D eigenvalue weighted by atomic mass is 32.1. The molecule has 2 amide bonds. The normalized spacial score (nSPS) is 13.9. The second-order valence-electron chi connectivity index (χ2n) is 6.62. The number of hydrogen-bond donors (Lipinski definition) is 1. The van der Waals surface area contributed by atoms with Crippen LogP contribution in [0.2, 0.25) is 0 Å². The number of amides is 2. The zero-order valence-electron chi connectivity index (χ0n) is 15.6. The monoisotopic (exact) mass is 395 g/mol. The molecule has 2 heterocycles.